The number of fused-ring (bicyclic) bond motifs is 1. The first-order valence-corrected chi connectivity index (χ1v) is 11.4. The molecule has 0 aliphatic heterocycles. The van der Waals surface area contributed by atoms with Crippen LogP contribution < -0.4 is 10.1 Å². The van der Waals surface area contributed by atoms with E-state index < -0.39 is 0 Å². The van der Waals surface area contributed by atoms with Crippen LogP contribution in [0.1, 0.15) is 45.4 Å². The smallest absolute Gasteiger partial charge is 0.293 e. The molecule has 3 rings (SSSR count). The molecule has 0 spiro atoms. The predicted molar refractivity (Wildman–Crippen MR) is 132 cm³/mol. The van der Waals surface area contributed by atoms with Gasteiger partial charge in [-0.05, 0) is 45.0 Å². The van der Waals surface area contributed by atoms with E-state index in [9.17, 15) is 10.1 Å². The van der Waals surface area contributed by atoms with Crippen LogP contribution in [0.5, 0.6) is 5.75 Å². The molecule has 0 amide bonds. The second kappa shape index (κ2) is 14.3. The first-order valence-electron chi connectivity index (χ1n) is 10.8. The maximum Gasteiger partial charge on any atom is 0.293 e. The van der Waals surface area contributed by atoms with Crippen LogP contribution in [0.2, 0.25) is 0 Å². The van der Waals surface area contributed by atoms with Gasteiger partial charge in [0.1, 0.15) is 18.4 Å². The Kier molecular flexibility index (Phi) is 12.2. The van der Waals surface area contributed by atoms with E-state index in [2.05, 4.69) is 38.9 Å². The molecular weight excluding hydrogens is 426 g/mol. The number of nitriles is 1. The van der Waals surface area contributed by atoms with Crippen LogP contribution in [0.3, 0.4) is 0 Å². The Labute approximate surface area is 196 Å². The molecule has 6 nitrogen and oxygen atoms in total. The van der Waals surface area contributed by atoms with Gasteiger partial charge in [-0.15, -0.1) is 11.6 Å². The van der Waals surface area contributed by atoms with Gasteiger partial charge in [0.25, 0.3) is 6.47 Å². The summed E-state index contributed by atoms with van der Waals surface area (Å²) in [6, 6.07) is 8.69. The lowest BCUT2D eigenvalue weighted by atomic mass is 9.98. The Hall–Kier alpha value is -2.75. The zero-order valence-electron chi connectivity index (χ0n) is 19.8. The fourth-order valence-electron chi connectivity index (χ4n) is 3.32. The van der Waals surface area contributed by atoms with Crippen molar-refractivity contribution in [2.24, 2.45) is 7.05 Å². The number of benzene rings is 1. The molecule has 1 unspecified atom stereocenters. The molecule has 174 valence electrons. The number of nitrogens with zero attached hydrogens (tertiary/aromatic N) is 2. The van der Waals surface area contributed by atoms with E-state index >= 15 is 0 Å². The van der Waals surface area contributed by atoms with Gasteiger partial charge in [0, 0.05) is 24.5 Å². The number of hydrogen-bond acceptors (Lipinski definition) is 5. The van der Waals surface area contributed by atoms with E-state index in [0.29, 0.717) is 25.0 Å². The zero-order valence-corrected chi connectivity index (χ0v) is 20.6. The van der Waals surface area contributed by atoms with Gasteiger partial charge >= 0.3 is 0 Å². The van der Waals surface area contributed by atoms with Crippen molar-refractivity contribution in [1.82, 2.24) is 9.88 Å². The molecule has 1 aromatic carbocycles. The molecule has 2 aromatic rings. The number of allylic oxidation sites excluding steroid dienone is 2. The maximum atomic E-state index is 9.72. The maximum absolute atomic E-state index is 9.72. The summed E-state index contributed by atoms with van der Waals surface area (Å²) in [6.07, 6.45) is 7.50. The third-order valence-corrected chi connectivity index (χ3v) is 4.82. The standard InChI is InChI=1S/C20H23N3O.C3H5ClO2.C2H6/c1-13(2)24-16-9-10-17-18(12-21)20(23(4)19(17)11-16)14-5-7-15(22-3)8-6-14;4-1-2-6-3-5;1-2/h5-7,9-11,13,15,22H,8H2,1-4H3;3H,1-2H2;1-2H3. The summed E-state index contributed by atoms with van der Waals surface area (Å²) in [7, 11) is 3.97. The van der Waals surface area contributed by atoms with Crippen LogP contribution >= 0.6 is 11.6 Å². The first-order chi connectivity index (χ1) is 15.5. The fourth-order valence-corrected chi connectivity index (χ4v) is 3.40. The number of carbonyl (C=O) groups is 1. The Morgan fingerprint density at radius 3 is 2.56 bits per heavy atom. The van der Waals surface area contributed by atoms with E-state index in [-0.39, 0.29) is 6.10 Å². The molecule has 32 heavy (non-hydrogen) atoms. The van der Waals surface area contributed by atoms with E-state index in [1.165, 1.54) is 0 Å². The second-order valence-corrected chi connectivity index (χ2v) is 7.42. The van der Waals surface area contributed by atoms with Gasteiger partial charge in [-0.3, -0.25) is 4.79 Å². The van der Waals surface area contributed by atoms with E-state index in [1.54, 1.807) is 0 Å². The number of hydrogen-bond donors (Lipinski definition) is 1. The van der Waals surface area contributed by atoms with Gasteiger partial charge in [0.2, 0.25) is 0 Å². The Morgan fingerprint density at radius 1 is 1.38 bits per heavy atom. The minimum Gasteiger partial charge on any atom is -0.491 e. The number of likely N-dealkylation sites (N-methyl/N-ethyl adjacent to an activating group) is 1. The van der Waals surface area contributed by atoms with Gasteiger partial charge in [-0.1, -0.05) is 32.1 Å². The highest BCUT2D eigenvalue weighted by Crippen LogP contribution is 2.34. The highest BCUT2D eigenvalue weighted by atomic mass is 35.5. The predicted octanol–water partition coefficient (Wildman–Crippen LogP) is 5.19. The molecule has 1 aromatic heterocycles. The lowest BCUT2D eigenvalue weighted by Crippen LogP contribution is -2.23. The van der Waals surface area contributed by atoms with Crippen molar-refractivity contribution < 1.29 is 14.3 Å². The molecule has 0 saturated carbocycles. The summed E-state index contributed by atoms with van der Waals surface area (Å²) < 4.78 is 12.1. The van der Waals surface area contributed by atoms with Crippen molar-refractivity contribution in [3.63, 3.8) is 0 Å². The third-order valence-electron chi connectivity index (χ3n) is 4.66. The number of halogens is 1. The van der Waals surface area contributed by atoms with E-state index in [0.717, 1.165) is 39.9 Å². The number of rotatable bonds is 7. The highest BCUT2D eigenvalue weighted by Gasteiger charge is 2.19. The van der Waals surface area contributed by atoms with Crippen molar-refractivity contribution in [1.29, 1.82) is 5.26 Å². The van der Waals surface area contributed by atoms with Gasteiger partial charge < -0.3 is 19.4 Å². The molecule has 1 aliphatic rings. The third kappa shape index (κ3) is 7.15. The SMILES string of the molecule is CC.CNC1C=CC(c2c(C#N)c3ccc(OC(C)C)cc3n2C)=CC1.O=COCCCl. The number of alkyl halides is 1. The second-order valence-electron chi connectivity index (χ2n) is 7.05. The summed E-state index contributed by atoms with van der Waals surface area (Å²) >= 11 is 5.10. The molecule has 1 N–H and O–H groups in total. The number of carbonyl (C=O) groups excluding carboxylic acids is 1. The molecule has 1 aliphatic carbocycles. The number of aromatic nitrogens is 1. The van der Waals surface area contributed by atoms with E-state index in [1.807, 2.05) is 60.0 Å². The highest BCUT2D eigenvalue weighted by molar-refractivity contribution is 6.18. The number of ether oxygens (including phenoxy) is 2. The lowest BCUT2D eigenvalue weighted by Gasteiger charge is -2.16. The number of nitrogens with one attached hydrogen (secondary N) is 1. The summed E-state index contributed by atoms with van der Waals surface area (Å²) in [5.41, 5.74) is 3.82. The Balaban J connectivity index is 0.000000556. The fraction of sp³-hybridized carbons (Fsp3) is 0.440. The van der Waals surface area contributed by atoms with Gasteiger partial charge in [-0.25, -0.2) is 0 Å². The molecule has 1 heterocycles. The summed E-state index contributed by atoms with van der Waals surface area (Å²) in [5, 5.41) is 13.9. The minimum absolute atomic E-state index is 0.125. The van der Waals surface area contributed by atoms with Gasteiger partial charge in [-0.2, -0.15) is 5.26 Å². The first kappa shape index (κ1) is 27.3. The van der Waals surface area contributed by atoms with Crippen molar-refractivity contribution in [3.8, 4) is 11.8 Å². The topological polar surface area (TPSA) is 76.3 Å². The van der Waals surface area contributed by atoms with Crippen molar-refractivity contribution in [2.45, 2.75) is 46.3 Å². The van der Waals surface area contributed by atoms with Crippen LogP contribution in [-0.2, 0) is 16.6 Å². The normalized spacial score (nSPS) is 14.5. The van der Waals surface area contributed by atoms with Gasteiger partial charge in [0.05, 0.1) is 28.8 Å². The lowest BCUT2D eigenvalue weighted by molar-refractivity contribution is -0.128. The van der Waals surface area contributed by atoms with Crippen LogP contribution in [0, 0.1) is 11.3 Å². The molecule has 1 atom stereocenters. The number of aryl methyl sites for hydroxylation is 1. The van der Waals surface area contributed by atoms with Crippen LogP contribution in [-0.4, -0.2) is 42.7 Å². The Morgan fingerprint density at radius 2 is 2.09 bits per heavy atom. The quantitative estimate of drug-likeness (QED) is 0.350. The summed E-state index contributed by atoms with van der Waals surface area (Å²) in [4.78, 5) is 9.28. The van der Waals surface area contributed by atoms with E-state index in [4.69, 9.17) is 16.3 Å². The van der Waals surface area contributed by atoms with Crippen molar-refractivity contribution >= 4 is 34.5 Å². The summed E-state index contributed by atoms with van der Waals surface area (Å²) in [5.74, 6) is 1.20. The molecule has 0 fully saturated rings. The van der Waals surface area contributed by atoms with Crippen LogP contribution in [0.4, 0.5) is 0 Å². The van der Waals surface area contributed by atoms with Crippen molar-refractivity contribution in [3.05, 3.63) is 47.7 Å². The summed E-state index contributed by atoms with van der Waals surface area (Å²) in [6.45, 7) is 8.71. The molecule has 7 heteroatoms. The van der Waals surface area contributed by atoms with Gasteiger partial charge in [0.15, 0.2) is 0 Å². The molecular formula is C25H34ClN3O3. The van der Waals surface area contributed by atoms with Crippen LogP contribution in [0.25, 0.3) is 16.5 Å². The molecule has 0 bridgehead atoms. The Bertz CT molecular complexity index is 971. The minimum atomic E-state index is 0.125. The average molecular weight is 460 g/mol. The monoisotopic (exact) mass is 459 g/mol. The molecule has 0 saturated heterocycles. The average Bonchev–Trinajstić information content (AvgIpc) is 3.10. The largest absolute Gasteiger partial charge is 0.491 e. The molecule has 0 radical (unpaired) electrons. The van der Waals surface area contributed by atoms with Crippen LogP contribution in [0.15, 0.2) is 36.4 Å². The zero-order chi connectivity index (χ0) is 24.1. The van der Waals surface area contributed by atoms with Crippen molar-refractivity contribution in [2.75, 3.05) is 19.5 Å².